The van der Waals surface area contributed by atoms with Crippen molar-refractivity contribution >= 4 is 11.4 Å². The van der Waals surface area contributed by atoms with Gasteiger partial charge in [-0.15, -0.1) is 0 Å². The molecule has 0 atom stereocenters. The van der Waals surface area contributed by atoms with Gasteiger partial charge in [-0.05, 0) is 24.6 Å². The summed E-state index contributed by atoms with van der Waals surface area (Å²) in [6, 6.07) is 8.33. The van der Waals surface area contributed by atoms with Crippen LogP contribution in [0.25, 0.3) is 0 Å². The van der Waals surface area contributed by atoms with E-state index in [1.807, 2.05) is 0 Å². The number of benzene rings is 2. The van der Waals surface area contributed by atoms with E-state index in [0.717, 1.165) is 5.56 Å². The van der Waals surface area contributed by atoms with Crippen LogP contribution in [0, 0.1) is 22.9 Å². The van der Waals surface area contributed by atoms with E-state index < -0.39 is 10.7 Å². The van der Waals surface area contributed by atoms with E-state index in [-0.39, 0.29) is 12.3 Å². The van der Waals surface area contributed by atoms with Gasteiger partial charge >= 0.3 is 0 Å². The highest BCUT2D eigenvalue weighted by molar-refractivity contribution is 5.52. The van der Waals surface area contributed by atoms with E-state index >= 15 is 0 Å². The van der Waals surface area contributed by atoms with E-state index in [4.69, 9.17) is 10.5 Å². The summed E-state index contributed by atoms with van der Waals surface area (Å²) in [5.41, 5.74) is 7.34. The molecule has 0 spiro atoms. The number of nitrogen functional groups attached to an aromatic ring is 1. The minimum Gasteiger partial charge on any atom is -0.488 e. The Morgan fingerprint density at radius 3 is 2.75 bits per heavy atom. The average Bonchev–Trinajstić information content (AvgIpc) is 2.41. The highest BCUT2D eigenvalue weighted by Gasteiger charge is 2.10. The second-order valence-electron chi connectivity index (χ2n) is 4.34. The molecule has 2 rings (SSSR count). The zero-order chi connectivity index (χ0) is 14.7. The average molecular weight is 276 g/mol. The fraction of sp³-hybridized carbons (Fsp3) is 0.143. The first-order chi connectivity index (χ1) is 9.47. The first kappa shape index (κ1) is 13.8. The van der Waals surface area contributed by atoms with Crippen molar-refractivity contribution < 1.29 is 14.1 Å². The number of hydrogen-bond acceptors (Lipinski definition) is 4. The van der Waals surface area contributed by atoms with Crippen molar-refractivity contribution in [3.05, 3.63) is 63.5 Å². The Morgan fingerprint density at radius 1 is 1.30 bits per heavy atom. The molecule has 0 heterocycles. The van der Waals surface area contributed by atoms with Gasteiger partial charge in [0.1, 0.15) is 18.2 Å². The number of halogens is 1. The molecule has 2 N–H and O–H groups in total. The summed E-state index contributed by atoms with van der Waals surface area (Å²) >= 11 is 0. The molecule has 0 fully saturated rings. The maximum absolute atomic E-state index is 13.1. The largest absolute Gasteiger partial charge is 0.488 e. The number of anilines is 1. The van der Waals surface area contributed by atoms with Crippen molar-refractivity contribution in [1.82, 2.24) is 0 Å². The monoisotopic (exact) mass is 276 g/mol. The molecule has 104 valence electrons. The topological polar surface area (TPSA) is 78.4 Å². The Kier molecular flexibility index (Phi) is 3.84. The summed E-state index contributed by atoms with van der Waals surface area (Å²) in [6.45, 7) is 1.82. The minimum atomic E-state index is -0.504. The zero-order valence-electron chi connectivity index (χ0n) is 10.8. The number of non-ortho nitro benzene ring substituents is 1. The van der Waals surface area contributed by atoms with E-state index in [0.29, 0.717) is 17.0 Å². The van der Waals surface area contributed by atoms with Crippen molar-refractivity contribution in [3.63, 3.8) is 0 Å². The van der Waals surface area contributed by atoms with Crippen molar-refractivity contribution in [2.75, 3.05) is 5.73 Å². The lowest BCUT2D eigenvalue weighted by atomic mass is 10.1. The normalized spacial score (nSPS) is 10.3. The number of nitrogens with two attached hydrogens (primary N) is 1. The molecule has 2 aromatic rings. The number of aryl methyl sites for hydroxylation is 1. The first-order valence-electron chi connectivity index (χ1n) is 5.89. The Morgan fingerprint density at radius 2 is 2.05 bits per heavy atom. The zero-order valence-corrected chi connectivity index (χ0v) is 10.8. The SMILES string of the molecule is Cc1ccc(F)cc1OCc1cc([N+](=O)[O-])ccc1N. The smallest absolute Gasteiger partial charge is 0.269 e. The molecular weight excluding hydrogens is 263 g/mol. The van der Waals surface area contributed by atoms with Gasteiger partial charge in [-0.25, -0.2) is 4.39 Å². The molecule has 0 saturated heterocycles. The highest BCUT2D eigenvalue weighted by atomic mass is 19.1. The first-order valence-corrected chi connectivity index (χ1v) is 5.89. The molecule has 0 aliphatic carbocycles. The fourth-order valence-electron chi connectivity index (χ4n) is 1.72. The van der Waals surface area contributed by atoms with Gasteiger partial charge < -0.3 is 10.5 Å². The predicted molar refractivity (Wildman–Crippen MR) is 73.0 cm³/mol. The van der Waals surface area contributed by atoms with Crippen LogP contribution in [-0.4, -0.2) is 4.92 Å². The van der Waals surface area contributed by atoms with Crippen LogP contribution in [0.2, 0.25) is 0 Å². The number of ether oxygens (including phenoxy) is 1. The lowest BCUT2D eigenvalue weighted by molar-refractivity contribution is -0.384. The predicted octanol–water partition coefficient (Wildman–Crippen LogP) is 3.20. The third-order valence-corrected chi connectivity index (χ3v) is 2.87. The maximum atomic E-state index is 13.1. The summed E-state index contributed by atoms with van der Waals surface area (Å²) in [6.07, 6.45) is 0. The summed E-state index contributed by atoms with van der Waals surface area (Å²) in [7, 11) is 0. The van der Waals surface area contributed by atoms with Gasteiger partial charge in [0.05, 0.1) is 4.92 Å². The van der Waals surface area contributed by atoms with Gasteiger partial charge in [0, 0.05) is 29.4 Å². The molecule has 5 nitrogen and oxygen atoms in total. The molecule has 6 heteroatoms. The lowest BCUT2D eigenvalue weighted by Gasteiger charge is -2.10. The maximum Gasteiger partial charge on any atom is 0.269 e. The van der Waals surface area contributed by atoms with Gasteiger partial charge in [-0.2, -0.15) is 0 Å². The molecule has 0 radical (unpaired) electrons. The van der Waals surface area contributed by atoms with Crippen molar-refractivity contribution in [3.8, 4) is 5.75 Å². The van der Waals surface area contributed by atoms with Gasteiger partial charge in [-0.1, -0.05) is 6.07 Å². The second-order valence-corrected chi connectivity index (χ2v) is 4.34. The standard InChI is InChI=1S/C14H13FN2O3/c1-9-2-3-11(15)7-14(9)20-8-10-6-12(17(18)19)4-5-13(10)16/h2-7H,8,16H2,1H3. The molecule has 0 unspecified atom stereocenters. The van der Waals surface area contributed by atoms with Crippen LogP contribution < -0.4 is 10.5 Å². The van der Waals surface area contributed by atoms with Gasteiger partial charge in [0.15, 0.2) is 0 Å². The number of rotatable bonds is 4. The van der Waals surface area contributed by atoms with Gasteiger partial charge in [0.25, 0.3) is 5.69 Å². The van der Waals surface area contributed by atoms with Crippen molar-refractivity contribution in [2.24, 2.45) is 0 Å². The number of nitro groups is 1. The van der Waals surface area contributed by atoms with Crippen LogP contribution in [-0.2, 0) is 6.61 Å². The van der Waals surface area contributed by atoms with E-state index in [9.17, 15) is 14.5 Å². The molecule has 0 aliphatic rings. The van der Waals surface area contributed by atoms with Gasteiger partial charge in [-0.3, -0.25) is 10.1 Å². The highest BCUT2D eigenvalue weighted by Crippen LogP contribution is 2.24. The number of nitro benzene ring substituents is 1. The van der Waals surface area contributed by atoms with E-state index in [1.54, 1.807) is 13.0 Å². The Labute approximate surface area is 114 Å². The molecule has 0 aromatic heterocycles. The van der Waals surface area contributed by atoms with Crippen molar-refractivity contribution in [2.45, 2.75) is 13.5 Å². The van der Waals surface area contributed by atoms with Crippen LogP contribution in [0.5, 0.6) is 5.75 Å². The van der Waals surface area contributed by atoms with Gasteiger partial charge in [0.2, 0.25) is 0 Å². The van der Waals surface area contributed by atoms with Crippen molar-refractivity contribution in [1.29, 1.82) is 0 Å². The third kappa shape index (κ3) is 3.03. The molecule has 20 heavy (non-hydrogen) atoms. The quantitative estimate of drug-likeness (QED) is 0.528. The second kappa shape index (κ2) is 5.56. The molecular formula is C14H13FN2O3. The number of nitrogens with zero attached hydrogens (tertiary/aromatic N) is 1. The van der Waals surface area contributed by atoms with E-state index in [2.05, 4.69) is 0 Å². The molecule has 0 aliphatic heterocycles. The van der Waals surface area contributed by atoms with Crippen LogP contribution in [0.3, 0.4) is 0 Å². The fourth-order valence-corrected chi connectivity index (χ4v) is 1.72. The van der Waals surface area contributed by atoms with Crippen LogP contribution in [0.4, 0.5) is 15.8 Å². The lowest BCUT2D eigenvalue weighted by Crippen LogP contribution is -2.02. The Hall–Kier alpha value is -2.63. The minimum absolute atomic E-state index is 0.0395. The molecule has 0 saturated carbocycles. The number of hydrogen-bond donors (Lipinski definition) is 1. The Bertz CT molecular complexity index is 659. The molecule has 0 amide bonds. The van der Waals surface area contributed by atoms with Crippen LogP contribution in [0.1, 0.15) is 11.1 Å². The van der Waals surface area contributed by atoms with Crippen LogP contribution in [0.15, 0.2) is 36.4 Å². The molecule has 0 bridgehead atoms. The summed E-state index contributed by atoms with van der Waals surface area (Å²) in [4.78, 5) is 10.2. The third-order valence-electron chi connectivity index (χ3n) is 2.87. The van der Waals surface area contributed by atoms with Crippen LogP contribution >= 0.6 is 0 Å². The summed E-state index contributed by atoms with van der Waals surface area (Å²) < 4.78 is 18.6. The molecule has 2 aromatic carbocycles. The van der Waals surface area contributed by atoms with E-state index in [1.165, 1.54) is 30.3 Å². The Balaban J connectivity index is 2.20. The summed E-state index contributed by atoms with van der Waals surface area (Å²) in [5, 5.41) is 10.7. The summed E-state index contributed by atoms with van der Waals surface area (Å²) in [5.74, 6) is -0.0199.